The van der Waals surface area contributed by atoms with Crippen molar-refractivity contribution in [2.45, 2.75) is 51.5 Å². The van der Waals surface area contributed by atoms with E-state index in [1.165, 1.54) is 11.1 Å². The Morgan fingerprint density at radius 3 is 2.79 bits per heavy atom. The lowest BCUT2D eigenvalue weighted by atomic mass is 9.96. The SMILES string of the molecule is Cc1nc([C@@H]2CCCN(C(=O)Cn3cccn3)C2)nc2c1CCCN2CCc1ccccc1. The summed E-state index contributed by atoms with van der Waals surface area (Å²) in [4.78, 5) is 27.3. The van der Waals surface area contributed by atoms with Crippen LogP contribution in [0.25, 0.3) is 0 Å². The van der Waals surface area contributed by atoms with Gasteiger partial charge >= 0.3 is 0 Å². The topological polar surface area (TPSA) is 67.2 Å². The van der Waals surface area contributed by atoms with Crippen molar-refractivity contribution in [2.75, 3.05) is 31.1 Å². The average Bonchev–Trinajstić information content (AvgIpc) is 3.36. The van der Waals surface area contributed by atoms with Crippen LogP contribution in [0, 0.1) is 6.92 Å². The van der Waals surface area contributed by atoms with Crippen LogP contribution in [0.4, 0.5) is 5.82 Å². The van der Waals surface area contributed by atoms with Crippen molar-refractivity contribution in [1.29, 1.82) is 0 Å². The van der Waals surface area contributed by atoms with Gasteiger partial charge in [-0.1, -0.05) is 30.3 Å². The van der Waals surface area contributed by atoms with Gasteiger partial charge in [0, 0.05) is 55.7 Å². The lowest BCUT2D eigenvalue weighted by Gasteiger charge is -2.34. The minimum atomic E-state index is 0.113. The van der Waals surface area contributed by atoms with E-state index in [2.05, 4.69) is 47.3 Å². The van der Waals surface area contributed by atoms with E-state index < -0.39 is 0 Å². The maximum atomic E-state index is 12.8. The van der Waals surface area contributed by atoms with Gasteiger partial charge < -0.3 is 9.80 Å². The third kappa shape index (κ3) is 4.92. The molecule has 0 aliphatic carbocycles. The Bertz CT molecular complexity index is 1080. The van der Waals surface area contributed by atoms with Crippen molar-refractivity contribution >= 4 is 11.7 Å². The molecule has 1 amide bonds. The molecule has 0 N–H and O–H groups in total. The van der Waals surface area contributed by atoms with Gasteiger partial charge in [-0.25, -0.2) is 9.97 Å². The summed E-state index contributed by atoms with van der Waals surface area (Å²) in [5.41, 5.74) is 3.74. The first-order valence-corrected chi connectivity index (χ1v) is 12.1. The number of benzene rings is 1. The lowest BCUT2D eigenvalue weighted by Crippen LogP contribution is -2.41. The predicted molar refractivity (Wildman–Crippen MR) is 128 cm³/mol. The number of fused-ring (bicyclic) bond motifs is 1. The van der Waals surface area contributed by atoms with Gasteiger partial charge in [0.15, 0.2) is 0 Å². The molecule has 7 nitrogen and oxygen atoms in total. The van der Waals surface area contributed by atoms with Gasteiger partial charge in [-0.2, -0.15) is 5.10 Å². The van der Waals surface area contributed by atoms with Crippen LogP contribution in [0.15, 0.2) is 48.8 Å². The largest absolute Gasteiger partial charge is 0.356 e. The smallest absolute Gasteiger partial charge is 0.244 e. The van der Waals surface area contributed by atoms with Gasteiger partial charge in [-0.3, -0.25) is 9.48 Å². The molecule has 0 unspecified atom stereocenters. The van der Waals surface area contributed by atoms with E-state index in [0.717, 1.165) is 69.1 Å². The lowest BCUT2D eigenvalue weighted by molar-refractivity contribution is -0.133. The quantitative estimate of drug-likeness (QED) is 0.583. The molecule has 2 aliphatic rings. The number of hydrogen-bond donors (Lipinski definition) is 0. The van der Waals surface area contributed by atoms with E-state index in [4.69, 9.17) is 9.97 Å². The summed E-state index contributed by atoms with van der Waals surface area (Å²) in [5, 5.41) is 4.17. The van der Waals surface area contributed by atoms with Crippen LogP contribution in [0.3, 0.4) is 0 Å². The molecule has 1 fully saturated rings. The van der Waals surface area contributed by atoms with Crippen LogP contribution >= 0.6 is 0 Å². The summed E-state index contributed by atoms with van der Waals surface area (Å²) in [6.45, 7) is 5.89. The van der Waals surface area contributed by atoms with E-state index in [1.807, 2.05) is 17.2 Å². The van der Waals surface area contributed by atoms with Gasteiger partial charge in [0.1, 0.15) is 18.2 Å². The number of nitrogens with zero attached hydrogens (tertiary/aromatic N) is 6. The second-order valence-electron chi connectivity index (χ2n) is 9.18. The zero-order valence-electron chi connectivity index (χ0n) is 19.4. The first-order chi connectivity index (χ1) is 16.2. The fourth-order valence-electron chi connectivity index (χ4n) is 5.06. The van der Waals surface area contributed by atoms with Gasteiger partial charge in [-0.05, 0) is 50.7 Å². The predicted octanol–water partition coefficient (Wildman–Crippen LogP) is 3.38. The van der Waals surface area contributed by atoms with Gasteiger partial charge in [0.2, 0.25) is 5.91 Å². The van der Waals surface area contributed by atoms with Crippen LogP contribution in [0.2, 0.25) is 0 Å². The molecule has 0 saturated carbocycles. The van der Waals surface area contributed by atoms with E-state index in [9.17, 15) is 4.79 Å². The number of piperidine rings is 1. The number of aromatic nitrogens is 4. The molecule has 4 heterocycles. The second kappa shape index (κ2) is 9.73. The fourth-order valence-corrected chi connectivity index (χ4v) is 5.06. The van der Waals surface area contributed by atoms with Crippen LogP contribution in [-0.2, 0) is 24.2 Å². The van der Waals surface area contributed by atoms with Crippen LogP contribution in [-0.4, -0.2) is 56.7 Å². The second-order valence-corrected chi connectivity index (χ2v) is 9.18. The molecule has 172 valence electrons. The van der Waals surface area contributed by atoms with E-state index in [1.54, 1.807) is 10.9 Å². The molecule has 33 heavy (non-hydrogen) atoms. The monoisotopic (exact) mass is 444 g/mol. The molecule has 3 aromatic rings. The van der Waals surface area contributed by atoms with Gasteiger partial charge in [0.05, 0.1) is 0 Å². The van der Waals surface area contributed by atoms with Gasteiger partial charge in [0.25, 0.3) is 0 Å². The number of anilines is 1. The molecule has 2 aromatic heterocycles. The zero-order valence-corrected chi connectivity index (χ0v) is 19.4. The molecule has 2 aliphatic heterocycles. The molecule has 0 spiro atoms. The Labute approximate surface area is 195 Å². The minimum Gasteiger partial charge on any atom is -0.356 e. The van der Waals surface area contributed by atoms with Crippen molar-refractivity contribution in [1.82, 2.24) is 24.6 Å². The molecule has 0 radical (unpaired) electrons. The molecule has 0 bridgehead atoms. The van der Waals surface area contributed by atoms with E-state index >= 15 is 0 Å². The molecule has 1 aromatic carbocycles. The van der Waals surface area contributed by atoms with Crippen LogP contribution < -0.4 is 4.90 Å². The first-order valence-electron chi connectivity index (χ1n) is 12.1. The van der Waals surface area contributed by atoms with Crippen LogP contribution in [0.5, 0.6) is 0 Å². The van der Waals surface area contributed by atoms with Crippen LogP contribution in [0.1, 0.15) is 47.8 Å². The summed E-state index contributed by atoms with van der Waals surface area (Å²) in [6.07, 6.45) is 8.74. The highest BCUT2D eigenvalue weighted by molar-refractivity contribution is 5.76. The highest BCUT2D eigenvalue weighted by Crippen LogP contribution is 2.31. The molecular weight excluding hydrogens is 412 g/mol. The highest BCUT2D eigenvalue weighted by atomic mass is 16.2. The zero-order chi connectivity index (χ0) is 22.6. The standard InChI is InChI=1S/C26H32N6O/c1-20-23-11-6-14-30(17-12-21-8-3-2-4-9-21)26(23)29-25(28-20)22-10-5-15-31(18-22)24(33)19-32-16-7-13-27-32/h2-4,7-9,13,16,22H,5-6,10-12,14-15,17-19H2,1H3/t22-/m1/s1. The Balaban J connectivity index is 1.32. The normalized spacial score (nSPS) is 18.3. The minimum absolute atomic E-state index is 0.113. The average molecular weight is 445 g/mol. The summed E-state index contributed by atoms with van der Waals surface area (Å²) in [6, 6.07) is 12.5. The van der Waals surface area contributed by atoms with E-state index in [0.29, 0.717) is 6.54 Å². The summed E-state index contributed by atoms with van der Waals surface area (Å²) in [7, 11) is 0. The molecule has 1 atom stereocenters. The fraction of sp³-hybridized carbons (Fsp3) is 0.462. The summed E-state index contributed by atoms with van der Waals surface area (Å²) < 4.78 is 1.69. The Hall–Kier alpha value is -3.22. The number of carbonyl (C=O) groups is 1. The molecule has 1 saturated heterocycles. The number of hydrogen-bond acceptors (Lipinski definition) is 5. The van der Waals surface area contributed by atoms with Crippen molar-refractivity contribution in [3.8, 4) is 0 Å². The Morgan fingerprint density at radius 2 is 1.97 bits per heavy atom. The Kier molecular flexibility index (Phi) is 6.37. The van der Waals surface area contributed by atoms with Crippen molar-refractivity contribution in [2.24, 2.45) is 0 Å². The molecule has 5 rings (SSSR count). The number of likely N-dealkylation sites (tertiary alicyclic amines) is 1. The third-order valence-corrected chi connectivity index (χ3v) is 6.87. The number of amides is 1. The maximum Gasteiger partial charge on any atom is 0.244 e. The third-order valence-electron chi connectivity index (χ3n) is 6.87. The Morgan fingerprint density at radius 1 is 1.09 bits per heavy atom. The first kappa shape index (κ1) is 21.6. The number of rotatable bonds is 6. The van der Waals surface area contributed by atoms with Crippen molar-refractivity contribution < 1.29 is 4.79 Å². The molecule has 7 heteroatoms. The molecular formula is C26H32N6O. The number of aryl methyl sites for hydroxylation is 1. The van der Waals surface area contributed by atoms with Crippen molar-refractivity contribution in [3.63, 3.8) is 0 Å². The van der Waals surface area contributed by atoms with E-state index in [-0.39, 0.29) is 18.4 Å². The maximum absolute atomic E-state index is 12.8. The highest BCUT2D eigenvalue weighted by Gasteiger charge is 2.29. The van der Waals surface area contributed by atoms with Crippen molar-refractivity contribution in [3.05, 3.63) is 71.4 Å². The number of carbonyl (C=O) groups excluding carboxylic acids is 1. The van der Waals surface area contributed by atoms with Gasteiger partial charge in [-0.15, -0.1) is 0 Å². The summed E-state index contributed by atoms with van der Waals surface area (Å²) >= 11 is 0. The summed E-state index contributed by atoms with van der Waals surface area (Å²) in [5.74, 6) is 2.30.